The minimum absolute atomic E-state index is 0.342. The van der Waals surface area contributed by atoms with E-state index < -0.39 is 28.3 Å². The van der Waals surface area contributed by atoms with E-state index in [0.717, 1.165) is 18.6 Å². The maximum Gasteiger partial charge on any atom is 0.494 e. The summed E-state index contributed by atoms with van der Waals surface area (Å²) < 4.78 is 40.1. The molecule has 6 nitrogen and oxygen atoms in total. The standard InChI is InChI=1S/C22H35BN2O4S/c1-21(2)22(3,4)29-23(28-21)18-10-12-20(13-11-18)30(26,27)25-16-14-24(15-17-25)19-8-6-5-7-9-19/h10-13,19H,5-9,14-17H2,1-4H3. The fraction of sp³-hybridized carbons (Fsp3) is 0.727. The molecule has 30 heavy (non-hydrogen) atoms. The quantitative estimate of drug-likeness (QED) is 0.682. The molecule has 1 aromatic carbocycles. The molecular formula is C22H35BN2O4S. The molecule has 0 aromatic heterocycles. The van der Waals surface area contributed by atoms with E-state index in [0.29, 0.717) is 24.0 Å². The largest absolute Gasteiger partial charge is 0.494 e. The van der Waals surface area contributed by atoms with Crippen LogP contribution in [0.1, 0.15) is 59.8 Å². The van der Waals surface area contributed by atoms with Gasteiger partial charge in [0, 0.05) is 32.2 Å². The second-order valence-corrected chi connectivity index (χ2v) is 11.8. The van der Waals surface area contributed by atoms with Crippen LogP contribution >= 0.6 is 0 Å². The SMILES string of the molecule is CC1(C)OB(c2ccc(S(=O)(=O)N3CCN(C4CCCCC4)CC3)cc2)OC1(C)C. The van der Waals surface area contributed by atoms with E-state index in [4.69, 9.17) is 9.31 Å². The van der Waals surface area contributed by atoms with Crippen molar-refractivity contribution < 1.29 is 17.7 Å². The van der Waals surface area contributed by atoms with Crippen LogP contribution < -0.4 is 5.46 Å². The molecule has 0 amide bonds. The molecule has 0 unspecified atom stereocenters. The van der Waals surface area contributed by atoms with E-state index in [-0.39, 0.29) is 0 Å². The van der Waals surface area contributed by atoms with Crippen molar-refractivity contribution in [3.8, 4) is 0 Å². The number of rotatable bonds is 4. The van der Waals surface area contributed by atoms with Crippen molar-refractivity contribution >= 4 is 22.6 Å². The van der Waals surface area contributed by atoms with Crippen molar-refractivity contribution in [1.29, 1.82) is 0 Å². The highest BCUT2D eigenvalue weighted by Gasteiger charge is 2.51. The molecule has 0 N–H and O–H groups in total. The Labute approximate surface area is 182 Å². The van der Waals surface area contributed by atoms with Crippen LogP contribution in [0.4, 0.5) is 0 Å². The first-order chi connectivity index (χ1) is 14.1. The van der Waals surface area contributed by atoms with E-state index in [2.05, 4.69) is 4.90 Å². The normalized spacial score (nSPS) is 26.2. The lowest BCUT2D eigenvalue weighted by Crippen LogP contribution is -2.52. The first-order valence-electron chi connectivity index (χ1n) is 11.3. The maximum atomic E-state index is 13.2. The molecule has 1 aliphatic carbocycles. The summed E-state index contributed by atoms with van der Waals surface area (Å²) in [7, 11) is -3.96. The molecule has 2 heterocycles. The van der Waals surface area contributed by atoms with Gasteiger partial charge in [-0.2, -0.15) is 4.31 Å². The first kappa shape index (κ1) is 22.3. The monoisotopic (exact) mass is 434 g/mol. The van der Waals surface area contributed by atoms with Crippen LogP contribution in [-0.2, 0) is 19.3 Å². The predicted octanol–water partition coefficient (Wildman–Crippen LogP) is 2.62. The van der Waals surface area contributed by atoms with Gasteiger partial charge in [0.1, 0.15) is 0 Å². The zero-order valence-corrected chi connectivity index (χ0v) is 19.6. The zero-order valence-electron chi connectivity index (χ0n) is 18.8. The molecule has 2 saturated heterocycles. The smallest absolute Gasteiger partial charge is 0.399 e. The molecule has 0 bridgehead atoms. The number of nitrogens with zero attached hydrogens (tertiary/aromatic N) is 2. The van der Waals surface area contributed by atoms with Gasteiger partial charge in [-0.15, -0.1) is 0 Å². The van der Waals surface area contributed by atoms with Gasteiger partial charge < -0.3 is 9.31 Å². The molecule has 166 valence electrons. The molecule has 3 aliphatic rings. The van der Waals surface area contributed by atoms with Crippen LogP contribution in [0.5, 0.6) is 0 Å². The maximum absolute atomic E-state index is 13.2. The van der Waals surface area contributed by atoms with Crippen LogP contribution in [0.15, 0.2) is 29.2 Å². The highest BCUT2D eigenvalue weighted by atomic mass is 32.2. The van der Waals surface area contributed by atoms with Crippen molar-refractivity contribution in [2.75, 3.05) is 26.2 Å². The summed E-state index contributed by atoms with van der Waals surface area (Å²) >= 11 is 0. The van der Waals surface area contributed by atoms with E-state index in [1.54, 1.807) is 16.4 Å². The van der Waals surface area contributed by atoms with Gasteiger partial charge in [-0.1, -0.05) is 31.4 Å². The Bertz CT molecular complexity index is 826. The van der Waals surface area contributed by atoms with Crippen molar-refractivity contribution in [1.82, 2.24) is 9.21 Å². The van der Waals surface area contributed by atoms with Gasteiger partial charge in [0.2, 0.25) is 10.0 Å². The lowest BCUT2D eigenvalue weighted by Gasteiger charge is -2.40. The van der Waals surface area contributed by atoms with Gasteiger partial charge >= 0.3 is 7.12 Å². The molecular weight excluding hydrogens is 399 g/mol. The Hall–Kier alpha value is -0.925. The third-order valence-corrected chi connectivity index (χ3v) is 9.32. The second kappa shape index (κ2) is 8.21. The summed E-state index contributed by atoms with van der Waals surface area (Å²) in [4.78, 5) is 2.83. The average Bonchev–Trinajstić information content (AvgIpc) is 2.96. The van der Waals surface area contributed by atoms with Crippen LogP contribution in [0.3, 0.4) is 0 Å². The third-order valence-electron chi connectivity index (χ3n) is 7.41. The number of benzene rings is 1. The molecule has 0 atom stereocenters. The van der Waals surface area contributed by atoms with Crippen molar-refractivity contribution in [2.24, 2.45) is 0 Å². The Morgan fingerprint density at radius 1 is 0.867 bits per heavy atom. The average molecular weight is 434 g/mol. The van der Waals surface area contributed by atoms with Crippen LogP contribution in [0, 0.1) is 0 Å². The highest BCUT2D eigenvalue weighted by molar-refractivity contribution is 7.89. The van der Waals surface area contributed by atoms with Crippen molar-refractivity contribution in [3.63, 3.8) is 0 Å². The van der Waals surface area contributed by atoms with E-state index in [9.17, 15) is 8.42 Å². The minimum Gasteiger partial charge on any atom is -0.399 e. The van der Waals surface area contributed by atoms with Gasteiger partial charge in [-0.05, 0) is 58.1 Å². The van der Waals surface area contributed by atoms with Crippen LogP contribution in [0.2, 0.25) is 0 Å². The van der Waals surface area contributed by atoms with Crippen LogP contribution in [-0.4, -0.2) is 68.2 Å². The Balaban J connectivity index is 1.40. The van der Waals surface area contributed by atoms with Gasteiger partial charge in [-0.3, -0.25) is 4.90 Å². The lowest BCUT2D eigenvalue weighted by molar-refractivity contribution is 0.00578. The zero-order chi connectivity index (χ0) is 21.6. The Morgan fingerprint density at radius 3 is 1.93 bits per heavy atom. The summed E-state index contributed by atoms with van der Waals surface area (Å²) in [5.41, 5.74) is 0.00984. The van der Waals surface area contributed by atoms with Crippen molar-refractivity contribution in [3.05, 3.63) is 24.3 Å². The second-order valence-electron chi connectivity index (χ2n) is 9.89. The minimum atomic E-state index is -3.48. The number of hydrogen-bond acceptors (Lipinski definition) is 5. The van der Waals surface area contributed by atoms with Gasteiger partial charge in [0.15, 0.2) is 0 Å². The van der Waals surface area contributed by atoms with Crippen molar-refractivity contribution in [2.45, 2.75) is 81.9 Å². The third kappa shape index (κ3) is 4.22. The summed E-state index contributed by atoms with van der Waals surface area (Å²) in [6, 6.07) is 7.63. The van der Waals surface area contributed by atoms with E-state index in [1.807, 2.05) is 39.8 Å². The van der Waals surface area contributed by atoms with Gasteiger partial charge in [-0.25, -0.2) is 8.42 Å². The van der Waals surface area contributed by atoms with E-state index in [1.165, 1.54) is 32.1 Å². The molecule has 4 rings (SSSR count). The molecule has 1 aromatic rings. The predicted molar refractivity (Wildman–Crippen MR) is 119 cm³/mol. The highest BCUT2D eigenvalue weighted by Crippen LogP contribution is 2.36. The molecule has 0 spiro atoms. The van der Waals surface area contributed by atoms with E-state index >= 15 is 0 Å². The summed E-state index contributed by atoms with van der Waals surface area (Å²) in [6.45, 7) is 10.8. The Morgan fingerprint density at radius 2 is 1.40 bits per heavy atom. The summed E-state index contributed by atoms with van der Waals surface area (Å²) in [6.07, 6.45) is 6.46. The number of hydrogen-bond donors (Lipinski definition) is 0. The summed E-state index contributed by atoms with van der Waals surface area (Å²) in [5.74, 6) is 0. The lowest BCUT2D eigenvalue weighted by atomic mass is 9.79. The summed E-state index contributed by atoms with van der Waals surface area (Å²) in [5, 5.41) is 0. The van der Waals surface area contributed by atoms with Gasteiger partial charge in [0.05, 0.1) is 16.1 Å². The topological polar surface area (TPSA) is 59.1 Å². The van der Waals surface area contributed by atoms with Gasteiger partial charge in [0.25, 0.3) is 0 Å². The fourth-order valence-corrected chi connectivity index (χ4v) is 6.10. The molecule has 0 radical (unpaired) electrons. The fourth-order valence-electron chi connectivity index (χ4n) is 4.68. The molecule has 2 aliphatic heterocycles. The first-order valence-corrected chi connectivity index (χ1v) is 12.7. The number of piperazine rings is 1. The molecule has 3 fully saturated rings. The Kier molecular flexibility index (Phi) is 6.09. The van der Waals surface area contributed by atoms with Crippen LogP contribution in [0.25, 0.3) is 0 Å². The molecule has 8 heteroatoms. The molecule has 1 saturated carbocycles. The number of sulfonamides is 1.